The van der Waals surface area contributed by atoms with Crippen LogP contribution in [0.4, 0.5) is 5.95 Å². The molecule has 2 atom stereocenters. The fourth-order valence-electron chi connectivity index (χ4n) is 2.76. The van der Waals surface area contributed by atoms with Gasteiger partial charge in [0.05, 0.1) is 42.6 Å². The van der Waals surface area contributed by atoms with Gasteiger partial charge in [0, 0.05) is 10.1 Å². The Hall–Kier alpha value is -2.39. The maximum atomic E-state index is 11.6. The van der Waals surface area contributed by atoms with Gasteiger partial charge in [-0.25, -0.2) is 4.98 Å². The number of aromatic amines is 2. The summed E-state index contributed by atoms with van der Waals surface area (Å²) in [5.74, 6) is 0.517. The molecule has 0 aliphatic carbocycles. The van der Waals surface area contributed by atoms with Gasteiger partial charge in [-0.05, 0) is 24.6 Å². The molecule has 1 aliphatic rings. The van der Waals surface area contributed by atoms with Crippen molar-refractivity contribution in [3.05, 3.63) is 40.9 Å². The molecule has 0 amide bonds. The topological polar surface area (TPSA) is 109 Å². The van der Waals surface area contributed by atoms with E-state index in [1.807, 2.05) is 18.2 Å². The molecular formula is C15H16N6O2S. The van der Waals surface area contributed by atoms with Gasteiger partial charge >= 0.3 is 0 Å². The predicted molar refractivity (Wildman–Crippen MR) is 91.2 cm³/mol. The van der Waals surface area contributed by atoms with E-state index in [1.54, 1.807) is 24.2 Å². The minimum Gasteiger partial charge on any atom is -0.378 e. The number of H-pyrrole nitrogens is 2. The zero-order valence-electron chi connectivity index (χ0n) is 12.7. The molecule has 8 nitrogen and oxygen atoms in total. The van der Waals surface area contributed by atoms with Gasteiger partial charge in [-0.1, -0.05) is 0 Å². The van der Waals surface area contributed by atoms with Gasteiger partial charge in [-0.3, -0.25) is 15.0 Å². The highest BCUT2D eigenvalue weighted by atomic mass is 32.2. The number of nitrogens with zero attached hydrogens (tertiary/aromatic N) is 3. The summed E-state index contributed by atoms with van der Waals surface area (Å²) < 4.78 is 5.71. The minimum absolute atomic E-state index is 0.0942. The molecule has 0 radical (unpaired) electrons. The first-order valence-electron chi connectivity index (χ1n) is 7.63. The van der Waals surface area contributed by atoms with E-state index < -0.39 is 0 Å². The lowest BCUT2D eigenvalue weighted by molar-refractivity contribution is 0.0919. The molecule has 3 N–H and O–H groups in total. The van der Waals surface area contributed by atoms with Crippen LogP contribution < -0.4 is 10.9 Å². The monoisotopic (exact) mass is 344 g/mol. The highest BCUT2D eigenvalue weighted by molar-refractivity contribution is 8.00. The molecule has 1 aliphatic heterocycles. The zero-order valence-corrected chi connectivity index (χ0v) is 13.5. The van der Waals surface area contributed by atoms with Crippen LogP contribution in [0.1, 0.15) is 6.42 Å². The van der Waals surface area contributed by atoms with E-state index in [2.05, 4.69) is 30.7 Å². The third-order valence-corrected chi connectivity index (χ3v) is 5.02. The highest BCUT2D eigenvalue weighted by Crippen LogP contribution is 2.30. The second-order valence-corrected chi connectivity index (χ2v) is 6.98. The Labute approximate surface area is 141 Å². The molecule has 3 aromatic rings. The Bertz CT molecular complexity index is 880. The molecule has 24 heavy (non-hydrogen) atoms. The molecule has 3 heterocycles. The average molecular weight is 344 g/mol. The Morgan fingerprint density at radius 1 is 1.25 bits per heavy atom. The molecule has 124 valence electrons. The summed E-state index contributed by atoms with van der Waals surface area (Å²) in [6.45, 7) is 1.32. The lowest BCUT2D eigenvalue weighted by Gasteiger charge is -2.29. The summed E-state index contributed by atoms with van der Waals surface area (Å²) in [7, 11) is 0. The Morgan fingerprint density at radius 2 is 2.21 bits per heavy atom. The van der Waals surface area contributed by atoms with Gasteiger partial charge in [-0.15, -0.1) is 16.9 Å². The van der Waals surface area contributed by atoms with E-state index in [-0.39, 0.29) is 11.6 Å². The van der Waals surface area contributed by atoms with Gasteiger partial charge < -0.3 is 10.1 Å². The van der Waals surface area contributed by atoms with Crippen molar-refractivity contribution in [1.29, 1.82) is 0 Å². The molecule has 0 spiro atoms. The summed E-state index contributed by atoms with van der Waals surface area (Å²) in [5.41, 5.74) is 0.725. The first-order chi connectivity index (χ1) is 11.8. The number of hydrogen-bond donors (Lipinski definition) is 3. The number of fused-ring (bicyclic) bond motifs is 1. The molecule has 1 saturated heterocycles. The fourth-order valence-corrected chi connectivity index (χ4v) is 3.97. The van der Waals surface area contributed by atoms with Crippen molar-refractivity contribution in [2.24, 2.45) is 0 Å². The van der Waals surface area contributed by atoms with Crippen molar-refractivity contribution in [2.75, 3.05) is 18.5 Å². The quantitative estimate of drug-likeness (QED) is 0.656. The molecule has 4 rings (SSSR count). The second-order valence-electron chi connectivity index (χ2n) is 5.61. The van der Waals surface area contributed by atoms with Crippen LogP contribution in [-0.4, -0.2) is 49.9 Å². The van der Waals surface area contributed by atoms with E-state index in [1.165, 1.54) is 0 Å². The van der Waals surface area contributed by atoms with Crippen LogP contribution in [-0.2, 0) is 4.74 Å². The summed E-state index contributed by atoms with van der Waals surface area (Å²) in [6.07, 6.45) is 4.09. The molecule has 0 saturated carbocycles. The Kier molecular flexibility index (Phi) is 4.18. The maximum Gasteiger partial charge on any atom is 0.271 e. The average Bonchev–Trinajstić information content (AvgIpc) is 2.97. The van der Waals surface area contributed by atoms with E-state index in [0.29, 0.717) is 29.8 Å². The summed E-state index contributed by atoms with van der Waals surface area (Å²) in [4.78, 5) is 16.8. The predicted octanol–water partition coefficient (Wildman–Crippen LogP) is 1.40. The molecule has 9 heteroatoms. The van der Waals surface area contributed by atoms with Gasteiger partial charge in [0.25, 0.3) is 5.56 Å². The first kappa shape index (κ1) is 15.2. The maximum absolute atomic E-state index is 11.6. The number of rotatable bonds is 4. The van der Waals surface area contributed by atoms with Crippen LogP contribution in [0.5, 0.6) is 0 Å². The Morgan fingerprint density at radius 3 is 3.08 bits per heavy atom. The van der Waals surface area contributed by atoms with E-state index in [0.717, 1.165) is 16.8 Å². The molecule has 0 bridgehead atoms. The van der Waals surface area contributed by atoms with Crippen LogP contribution in [0.15, 0.2) is 40.3 Å². The van der Waals surface area contributed by atoms with Crippen LogP contribution in [0.25, 0.3) is 10.9 Å². The number of benzene rings is 1. The number of thioether (sulfide) groups is 1. The summed E-state index contributed by atoms with van der Waals surface area (Å²) in [5, 5.41) is 17.5. The van der Waals surface area contributed by atoms with E-state index in [9.17, 15) is 4.79 Å². The molecule has 1 fully saturated rings. The van der Waals surface area contributed by atoms with E-state index >= 15 is 0 Å². The smallest absolute Gasteiger partial charge is 0.271 e. The van der Waals surface area contributed by atoms with Crippen LogP contribution in [0.3, 0.4) is 0 Å². The second kappa shape index (κ2) is 6.62. The minimum atomic E-state index is -0.0942. The van der Waals surface area contributed by atoms with Crippen LogP contribution >= 0.6 is 11.8 Å². The number of nitrogens with one attached hydrogen (secondary N) is 3. The fraction of sp³-hybridized carbons (Fsp3) is 0.333. The van der Waals surface area contributed by atoms with Crippen molar-refractivity contribution < 1.29 is 4.74 Å². The van der Waals surface area contributed by atoms with Crippen LogP contribution in [0.2, 0.25) is 0 Å². The SMILES string of the molecule is O=c1[nH][nH]c2cc(SC3COCC(Nc4nccnn4)C3)ccc12. The van der Waals surface area contributed by atoms with Crippen LogP contribution in [0, 0.1) is 0 Å². The standard InChI is InChI=1S/C15H16N6O2S/c22-14-12-2-1-10(6-13(12)19-20-14)24-11-5-9(7-23-8-11)18-15-16-3-4-17-21-15/h1-4,6,9,11H,5,7-8H2,(H,16,18,21)(H2,19,20,22). The first-order valence-corrected chi connectivity index (χ1v) is 8.51. The largest absolute Gasteiger partial charge is 0.378 e. The van der Waals surface area contributed by atoms with Crippen molar-refractivity contribution in [3.63, 3.8) is 0 Å². The lowest BCUT2D eigenvalue weighted by Crippen LogP contribution is -2.37. The van der Waals surface area contributed by atoms with Crippen molar-refractivity contribution >= 4 is 28.6 Å². The van der Waals surface area contributed by atoms with Crippen molar-refractivity contribution in [2.45, 2.75) is 22.6 Å². The number of hydrogen-bond acceptors (Lipinski definition) is 7. The molecule has 2 unspecified atom stereocenters. The molecule has 1 aromatic carbocycles. The summed E-state index contributed by atoms with van der Waals surface area (Å²) in [6, 6.07) is 5.95. The van der Waals surface area contributed by atoms with Crippen molar-refractivity contribution in [3.8, 4) is 0 Å². The number of ether oxygens (including phenoxy) is 1. The molecular weight excluding hydrogens is 328 g/mol. The van der Waals surface area contributed by atoms with Crippen molar-refractivity contribution in [1.82, 2.24) is 25.4 Å². The highest BCUT2D eigenvalue weighted by Gasteiger charge is 2.24. The van der Waals surface area contributed by atoms with Gasteiger partial charge in [0.1, 0.15) is 0 Å². The zero-order chi connectivity index (χ0) is 16.4. The van der Waals surface area contributed by atoms with E-state index in [4.69, 9.17) is 4.74 Å². The third-order valence-electron chi connectivity index (χ3n) is 3.84. The number of aromatic nitrogens is 5. The normalized spacial score (nSPS) is 21.0. The third kappa shape index (κ3) is 3.26. The van der Waals surface area contributed by atoms with Gasteiger partial charge in [0.15, 0.2) is 0 Å². The number of anilines is 1. The van der Waals surface area contributed by atoms with Gasteiger partial charge in [0.2, 0.25) is 5.95 Å². The Balaban J connectivity index is 1.42. The molecule has 2 aromatic heterocycles. The lowest BCUT2D eigenvalue weighted by atomic mass is 10.1. The van der Waals surface area contributed by atoms with Gasteiger partial charge in [-0.2, -0.15) is 5.10 Å². The summed E-state index contributed by atoms with van der Waals surface area (Å²) >= 11 is 1.75.